The molecular formula is C17H18ClN3O4. The van der Waals surface area contributed by atoms with Crippen LogP contribution in [0.4, 0.5) is 0 Å². The SMILES string of the molecule is Cc1nn(C)cc1C=Cc1ccc2ccccc2[n+]1C.[O-][Cl+3]([O-])([O-])[O-]. The molecule has 0 spiro atoms. The Morgan fingerprint density at radius 2 is 1.68 bits per heavy atom. The second-order valence-corrected chi connectivity index (χ2v) is 6.19. The molecule has 0 atom stereocenters. The van der Waals surface area contributed by atoms with Crippen molar-refractivity contribution in [1.29, 1.82) is 0 Å². The fourth-order valence-electron chi connectivity index (χ4n) is 2.48. The topological polar surface area (TPSA) is 114 Å². The number of pyridine rings is 1. The third-order valence-electron chi connectivity index (χ3n) is 3.60. The first kappa shape index (κ1) is 19.0. The van der Waals surface area contributed by atoms with Crippen molar-refractivity contribution in [2.75, 3.05) is 0 Å². The molecule has 0 radical (unpaired) electrons. The minimum absolute atomic E-state index is 1.05. The first-order valence-corrected chi connectivity index (χ1v) is 8.56. The van der Waals surface area contributed by atoms with E-state index in [0.29, 0.717) is 0 Å². The summed E-state index contributed by atoms with van der Waals surface area (Å²) in [5.41, 5.74) is 4.61. The van der Waals surface area contributed by atoms with Crippen LogP contribution in [0.3, 0.4) is 0 Å². The average molecular weight is 364 g/mol. The zero-order chi connectivity index (χ0) is 18.6. The van der Waals surface area contributed by atoms with E-state index in [-0.39, 0.29) is 0 Å². The van der Waals surface area contributed by atoms with Gasteiger partial charge in [0.25, 0.3) is 0 Å². The lowest BCUT2D eigenvalue weighted by Crippen LogP contribution is -2.68. The molecule has 0 amide bonds. The number of rotatable bonds is 2. The number of benzene rings is 1. The van der Waals surface area contributed by atoms with Crippen LogP contribution in [0.25, 0.3) is 23.1 Å². The maximum absolute atomic E-state index is 8.49. The molecule has 3 aromatic rings. The number of para-hydroxylation sites is 1. The van der Waals surface area contributed by atoms with Crippen molar-refractivity contribution in [2.24, 2.45) is 14.1 Å². The van der Waals surface area contributed by atoms with Crippen LogP contribution in [-0.4, -0.2) is 9.78 Å². The third-order valence-corrected chi connectivity index (χ3v) is 3.60. The van der Waals surface area contributed by atoms with E-state index in [1.165, 1.54) is 16.6 Å². The summed E-state index contributed by atoms with van der Waals surface area (Å²) in [6.07, 6.45) is 6.29. The smallest absolute Gasteiger partial charge is 0.212 e. The lowest BCUT2D eigenvalue weighted by molar-refractivity contribution is -2.00. The second-order valence-electron chi connectivity index (χ2n) is 5.43. The van der Waals surface area contributed by atoms with Crippen molar-refractivity contribution in [2.45, 2.75) is 6.92 Å². The number of nitrogens with zero attached hydrogens (tertiary/aromatic N) is 3. The van der Waals surface area contributed by atoms with Crippen LogP contribution >= 0.6 is 0 Å². The number of hydrogen-bond donors (Lipinski definition) is 0. The molecule has 25 heavy (non-hydrogen) atoms. The van der Waals surface area contributed by atoms with E-state index in [1.807, 2.05) is 24.9 Å². The van der Waals surface area contributed by atoms with Gasteiger partial charge in [0, 0.05) is 42.4 Å². The Labute approximate surface area is 147 Å². The van der Waals surface area contributed by atoms with Crippen LogP contribution in [0, 0.1) is 17.2 Å². The lowest BCUT2D eigenvalue weighted by Gasteiger charge is -2.17. The fourth-order valence-corrected chi connectivity index (χ4v) is 2.48. The summed E-state index contributed by atoms with van der Waals surface area (Å²) in [6.45, 7) is 2.03. The Balaban J connectivity index is 0.000000399. The minimum atomic E-state index is -4.94. The fraction of sp³-hybridized carbons (Fsp3) is 0.176. The Morgan fingerprint density at radius 1 is 1.04 bits per heavy atom. The van der Waals surface area contributed by atoms with E-state index in [1.54, 1.807) is 0 Å². The molecule has 0 unspecified atom stereocenters. The minimum Gasteiger partial charge on any atom is -0.275 e. The normalized spacial score (nSPS) is 11.6. The largest absolute Gasteiger partial charge is 0.275 e. The molecular weight excluding hydrogens is 346 g/mol. The van der Waals surface area contributed by atoms with Crippen molar-refractivity contribution in [3.63, 3.8) is 0 Å². The summed E-state index contributed by atoms with van der Waals surface area (Å²) < 4.78 is 38.0. The van der Waals surface area contributed by atoms with Gasteiger partial charge < -0.3 is 0 Å². The van der Waals surface area contributed by atoms with Gasteiger partial charge in [0.05, 0.1) is 5.69 Å². The molecule has 0 saturated heterocycles. The van der Waals surface area contributed by atoms with Crippen molar-refractivity contribution in [1.82, 2.24) is 9.78 Å². The molecule has 7 nitrogen and oxygen atoms in total. The standard InChI is InChI=1S/C17H18N3.ClHO4/c1-13-15(12-19(2)18-13)9-11-16-10-8-14-6-4-5-7-17(14)20(16)3;2-1(3,4)5/h4-12H,1-3H3;(H,2,3,4,5)/q+1;/p-1. The van der Waals surface area contributed by atoms with Crippen LogP contribution in [-0.2, 0) is 14.1 Å². The Bertz CT molecular complexity index is 895. The van der Waals surface area contributed by atoms with E-state index in [9.17, 15) is 0 Å². The highest BCUT2D eigenvalue weighted by Crippen LogP contribution is 2.13. The Kier molecular flexibility index (Phi) is 5.89. The number of hydrogen-bond acceptors (Lipinski definition) is 5. The van der Waals surface area contributed by atoms with Gasteiger partial charge in [0.1, 0.15) is 7.05 Å². The lowest BCUT2D eigenvalue weighted by atomic mass is 10.1. The molecule has 0 saturated carbocycles. The number of fused-ring (bicyclic) bond motifs is 1. The van der Waals surface area contributed by atoms with Gasteiger partial charge in [0.15, 0.2) is 0 Å². The Hall–Kier alpha value is -2.29. The van der Waals surface area contributed by atoms with Crippen LogP contribution < -0.4 is 23.2 Å². The van der Waals surface area contributed by atoms with Gasteiger partial charge in [-0.2, -0.15) is 9.67 Å². The molecule has 8 heteroatoms. The first-order valence-electron chi connectivity index (χ1n) is 7.33. The molecule has 0 aliphatic carbocycles. The van der Waals surface area contributed by atoms with Gasteiger partial charge in [-0.3, -0.25) is 4.68 Å². The van der Waals surface area contributed by atoms with E-state index in [2.05, 4.69) is 65.3 Å². The van der Waals surface area contributed by atoms with Gasteiger partial charge in [-0.1, -0.05) is 12.1 Å². The van der Waals surface area contributed by atoms with Gasteiger partial charge in [0.2, 0.25) is 11.2 Å². The number of aromatic nitrogens is 3. The highest BCUT2D eigenvalue weighted by atomic mass is 35.7. The van der Waals surface area contributed by atoms with E-state index >= 15 is 0 Å². The molecule has 2 heterocycles. The van der Waals surface area contributed by atoms with E-state index < -0.39 is 10.2 Å². The maximum Gasteiger partial charge on any atom is 0.212 e. The summed E-state index contributed by atoms with van der Waals surface area (Å²) >= 11 is 0. The molecule has 3 rings (SSSR count). The molecule has 0 bridgehead atoms. The molecule has 0 fully saturated rings. The molecule has 132 valence electrons. The monoisotopic (exact) mass is 363 g/mol. The van der Waals surface area contributed by atoms with Crippen LogP contribution in [0.5, 0.6) is 0 Å². The van der Waals surface area contributed by atoms with Crippen molar-refractivity contribution in [3.8, 4) is 0 Å². The number of aryl methyl sites for hydroxylation is 3. The predicted octanol–water partition coefficient (Wildman–Crippen LogP) is -1.88. The van der Waals surface area contributed by atoms with Crippen LogP contribution in [0.2, 0.25) is 0 Å². The zero-order valence-corrected chi connectivity index (χ0v) is 14.8. The molecule has 2 aromatic heterocycles. The predicted molar refractivity (Wildman–Crippen MR) is 82.0 cm³/mol. The summed E-state index contributed by atoms with van der Waals surface area (Å²) in [5, 5.41) is 5.61. The molecule has 0 N–H and O–H groups in total. The average Bonchev–Trinajstić information content (AvgIpc) is 2.83. The maximum atomic E-state index is 8.49. The first-order chi connectivity index (χ1) is 11.6. The van der Waals surface area contributed by atoms with Crippen LogP contribution in [0.15, 0.2) is 42.6 Å². The van der Waals surface area contributed by atoms with Gasteiger partial charge >= 0.3 is 0 Å². The highest BCUT2D eigenvalue weighted by Gasteiger charge is 2.08. The summed E-state index contributed by atoms with van der Waals surface area (Å²) in [4.78, 5) is 0. The second kappa shape index (κ2) is 7.73. The quantitative estimate of drug-likeness (QED) is 0.494. The molecule has 0 aliphatic rings. The number of halogens is 1. The van der Waals surface area contributed by atoms with E-state index in [0.717, 1.165) is 11.3 Å². The van der Waals surface area contributed by atoms with Gasteiger partial charge in [-0.25, -0.2) is 18.6 Å². The third kappa shape index (κ3) is 5.63. The summed E-state index contributed by atoms with van der Waals surface area (Å²) in [6, 6.07) is 12.7. The van der Waals surface area contributed by atoms with Gasteiger partial charge in [-0.15, -0.1) is 10.2 Å². The summed E-state index contributed by atoms with van der Waals surface area (Å²) in [7, 11) is -0.904. The van der Waals surface area contributed by atoms with Crippen molar-refractivity contribution < 1.29 is 33.4 Å². The van der Waals surface area contributed by atoms with Crippen molar-refractivity contribution >= 4 is 23.1 Å². The highest BCUT2D eigenvalue weighted by molar-refractivity contribution is 5.77. The van der Waals surface area contributed by atoms with Gasteiger partial charge in [-0.05, 0) is 25.1 Å². The zero-order valence-electron chi connectivity index (χ0n) is 14.0. The molecule has 0 aliphatic heterocycles. The van der Waals surface area contributed by atoms with Crippen LogP contribution in [0.1, 0.15) is 17.0 Å². The Morgan fingerprint density at radius 3 is 2.28 bits per heavy atom. The van der Waals surface area contributed by atoms with Crippen molar-refractivity contribution in [3.05, 3.63) is 59.5 Å². The molecule has 1 aromatic carbocycles. The summed E-state index contributed by atoms with van der Waals surface area (Å²) in [5.74, 6) is 0. The van der Waals surface area contributed by atoms with E-state index in [4.69, 9.17) is 18.6 Å².